The van der Waals surface area contributed by atoms with Crippen molar-refractivity contribution >= 4 is 23.4 Å². The standard InChI is InChI=1S/C22H25ClN2O3/c23-19-11-5-4-10-18(19)22(27)25-20(16-7-2-1-3-8-16)15-21(26)24-13-12-17-9-6-14-28-17/h1-5,7-8,10-11,17,20H,6,9,12-15H2,(H,24,26)(H,25,27). The highest BCUT2D eigenvalue weighted by Gasteiger charge is 2.21. The number of hydrogen-bond acceptors (Lipinski definition) is 3. The number of nitrogens with one attached hydrogen (secondary N) is 2. The molecular weight excluding hydrogens is 376 g/mol. The third-order valence-electron chi connectivity index (χ3n) is 4.83. The second-order valence-corrected chi connectivity index (χ2v) is 7.30. The van der Waals surface area contributed by atoms with E-state index in [1.165, 1.54) is 0 Å². The van der Waals surface area contributed by atoms with E-state index < -0.39 is 6.04 Å². The molecule has 2 N–H and O–H groups in total. The van der Waals surface area contributed by atoms with Crippen LogP contribution in [0, 0.1) is 0 Å². The lowest BCUT2D eigenvalue weighted by molar-refractivity contribution is -0.121. The van der Waals surface area contributed by atoms with E-state index in [2.05, 4.69) is 10.6 Å². The van der Waals surface area contributed by atoms with E-state index >= 15 is 0 Å². The van der Waals surface area contributed by atoms with Crippen LogP contribution < -0.4 is 10.6 Å². The summed E-state index contributed by atoms with van der Waals surface area (Å²) < 4.78 is 5.58. The second-order valence-electron chi connectivity index (χ2n) is 6.89. The minimum Gasteiger partial charge on any atom is -0.378 e. The number of halogens is 1. The Morgan fingerprint density at radius 3 is 2.57 bits per heavy atom. The third kappa shape index (κ3) is 5.81. The number of ether oxygens (including phenoxy) is 1. The van der Waals surface area contributed by atoms with Crippen molar-refractivity contribution in [3.63, 3.8) is 0 Å². The van der Waals surface area contributed by atoms with E-state index in [0.29, 0.717) is 17.1 Å². The molecule has 0 aromatic heterocycles. The van der Waals surface area contributed by atoms with Crippen molar-refractivity contribution in [3.05, 3.63) is 70.7 Å². The summed E-state index contributed by atoms with van der Waals surface area (Å²) in [7, 11) is 0. The molecule has 148 valence electrons. The van der Waals surface area contributed by atoms with Gasteiger partial charge in [0.15, 0.2) is 0 Å². The van der Waals surface area contributed by atoms with Crippen molar-refractivity contribution in [3.8, 4) is 0 Å². The molecule has 3 rings (SSSR count). The molecular formula is C22H25ClN2O3. The van der Waals surface area contributed by atoms with Gasteiger partial charge >= 0.3 is 0 Å². The number of rotatable bonds is 8. The first-order chi connectivity index (χ1) is 13.6. The lowest BCUT2D eigenvalue weighted by atomic mass is 10.0. The molecule has 2 unspecified atom stereocenters. The van der Waals surface area contributed by atoms with Crippen LogP contribution in [0.2, 0.25) is 5.02 Å². The highest BCUT2D eigenvalue weighted by atomic mass is 35.5. The lowest BCUT2D eigenvalue weighted by Gasteiger charge is -2.20. The van der Waals surface area contributed by atoms with Crippen LogP contribution in [0.15, 0.2) is 54.6 Å². The Kier molecular flexibility index (Phi) is 7.46. The van der Waals surface area contributed by atoms with Gasteiger partial charge in [-0.15, -0.1) is 0 Å². The molecule has 1 saturated heterocycles. The summed E-state index contributed by atoms with van der Waals surface area (Å²) >= 11 is 6.13. The van der Waals surface area contributed by atoms with Crippen molar-refractivity contribution < 1.29 is 14.3 Å². The fourth-order valence-corrected chi connectivity index (χ4v) is 3.54. The summed E-state index contributed by atoms with van der Waals surface area (Å²) in [6.07, 6.45) is 3.35. The molecule has 1 fully saturated rings. The summed E-state index contributed by atoms with van der Waals surface area (Å²) in [5, 5.41) is 6.26. The topological polar surface area (TPSA) is 67.4 Å². The molecule has 5 nitrogen and oxygen atoms in total. The van der Waals surface area contributed by atoms with Crippen LogP contribution in [0.5, 0.6) is 0 Å². The molecule has 0 bridgehead atoms. The maximum Gasteiger partial charge on any atom is 0.253 e. The summed E-state index contributed by atoms with van der Waals surface area (Å²) in [6.45, 7) is 1.38. The summed E-state index contributed by atoms with van der Waals surface area (Å²) in [5.41, 5.74) is 1.26. The first-order valence-electron chi connectivity index (χ1n) is 9.62. The zero-order chi connectivity index (χ0) is 19.8. The highest BCUT2D eigenvalue weighted by molar-refractivity contribution is 6.33. The van der Waals surface area contributed by atoms with Crippen LogP contribution in [-0.2, 0) is 9.53 Å². The number of carbonyl (C=O) groups is 2. The highest BCUT2D eigenvalue weighted by Crippen LogP contribution is 2.20. The van der Waals surface area contributed by atoms with E-state index in [1.54, 1.807) is 24.3 Å². The minimum absolute atomic E-state index is 0.105. The van der Waals surface area contributed by atoms with Crippen LogP contribution in [0.25, 0.3) is 0 Å². The molecule has 2 atom stereocenters. The fourth-order valence-electron chi connectivity index (χ4n) is 3.32. The molecule has 2 aromatic rings. The number of benzene rings is 2. The Morgan fingerprint density at radius 2 is 1.86 bits per heavy atom. The van der Waals surface area contributed by atoms with Crippen molar-refractivity contribution in [1.82, 2.24) is 10.6 Å². The summed E-state index contributed by atoms with van der Waals surface area (Å²) in [5.74, 6) is -0.405. The Balaban J connectivity index is 1.61. The van der Waals surface area contributed by atoms with E-state index in [9.17, 15) is 9.59 Å². The maximum absolute atomic E-state index is 12.7. The fraction of sp³-hybridized carbons (Fsp3) is 0.364. The molecule has 6 heteroatoms. The largest absolute Gasteiger partial charge is 0.378 e. The van der Waals surface area contributed by atoms with Crippen molar-refractivity contribution in [2.24, 2.45) is 0 Å². The van der Waals surface area contributed by atoms with Gasteiger partial charge in [-0.25, -0.2) is 0 Å². The van der Waals surface area contributed by atoms with Gasteiger partial charge in [0.2, 0.25) is 5.91 Å². The zero-order valence-electron chi connectivity index (χ0n) is 15.7. The normalized spacial score (nSPS) is 17.1. The number of carbonyl (C=O) groups excluding carboxylic acids is 2. The summed E-state index contributed by atoms with van der Waals surface area (Å²) in [4.78, 5) is 25.1. The molecule has 2 amide bonds. The third-order valence-corrected chi connectivity index (χ3v) is 5.16. The molecule has 1 heterocycles. The molecule has 28 heavy (non-hydrogen) atoms. The van der Waals surface area contributed by atoms with Gasteiger partial charge in [-0.1, -0.05) is 54.1 Å². The van der Waals surface area contributed by atoms with Crippen LogP contribution in [0.3, 0.4) is 0 Å². The molecule has 0 aliphatic carbocycles. The zero-order valence-corrected chi connectivity index (χ0v) is 16.5. The average molecular weight is 401 g/mol. The van der Waals surface area contributed by atoms with Gasteiger partial charge in [-0.05, 0) is 37.0 Å². The molecule has 2 aromatic carbocycles. The van der Waals surface area contributed by atoms with E-state index in [-0.39, 0.29) is 24.3 Å². The predicted octanol–water partition coefficient (Wildman–Crippen LogP) is 3.89. The Bertz CT molecular complexity index is 791. The SMILES string of the molecule is O=C(CC(NC(=O)c1ccccc1Cl)c1ccccc1)NCCC1CCCO1. The van der Waals surface area contributed by atoms with Gasteiger partial charge in [-0.3, -0.25) is 9.59 Å². The summed E-state index contributed by atoms with van der Waals surface area (Å²) in [6, 6.07) is 15.9. The Morgan fingerprint density at radius 1 is 1.11 bits per heavy atom. The number of hydrogen-bond donors (Lipinski definition) is 2. The van der Waals surface area contributed by atoms with Crippen molar-refractivity contribution in [2.75, 3.05) is 13.2 Å². The monoisotopic (exact) mass is 400 g/mol. The first kappa shape index (κ1) is 20.4. The maximum atomic E-state index is 12.7. The van der Waals surface area contributed by atoms with Crippen LogP contribution in [0.1, 0.15) is 47.6 Å². The molecule has 0 radical (unpaired) electrons. The van der Waals surface area contributed by atoms with E-state index in [0.717, 1.165) is 31.4 Å². The van der Waals surface area contributed by atoms with Gasteiger partial charge in [-0.2, -0.15) is 0 Å². The molecule has 0 saturated carbocycles. The molecule has 1 aliphatic rings. The lowest BCUT2D eigenvalue weighted by Crippen LogP contribution is -2.34. The van der Waals surface area contributed by atoms with E-state index in [1.807, 2.05) is 30.3 Å². The Hall–Kier alpha value is -2.37. The Labute approximate surface area is 170 Å². The van der Waals surface area contributed by atoms with Crippen molar-refractivity contribution in [1.29, 1.82) is 0 Å². The van der Waals surface area contributed by atoms with Gasteiger partial charge < -0.3 is 15.4 Å². The quantitative estimate of drug-likeness (QED) is 0.706. The predicted molar refractivity (Wildman–Crippen MR) is 109 cm³/mol. The van der Waals surface area contributed by atoms with Gasteiger partial charge in [0, 0.05) is 13.2 Å². The number of amides is 2. The first-order valence-corrected chi connectivity index (χ1v) is 10.00. The second kappa shape index (κ2) is 10.2. The smallest absolute Gasteiger partial charge is 0.253 e. The van der Waals surface area contributed by atoms with Crippen LogP contribution >= 0.6 is 11.6 Å². The molecule has 0 spiro atoms. The average Bonchev–Trinajstić information content (AvgIpc) is 3.22. The molecule has 1 aliphatic heterocycles. The van der Waals surface area contributed by atoms with Gasteiger partial charge in [0.25, 0.3) is 5.91 Å². The van der Waals surface area contributed by atoms with Crippen molar-refractivity contribution in [2.45, 2.75) is 37.8 Å². The van der Waals surface area contributed by atoms with Crippen LogP contribution in [0.4, 0.5) is 0 Å². The minimum atomic E-state index is -0.437. The van der Waals surface area contributed by atoms with Gasteiger partial charge in [0.1, 0.15) is 0 Å². The van der Waals surface area contributed by atoms with Gasteiger partial charge in [0.05, 0.1) is 29.2 Å². The van der Waals surface area contributed by atoms with Crippen LogP contribution in [-0.4, -0.2) is 31.1 Å². The van der Waals surface area contributed by atoms with E-state index in [4.69, 9.17) is 16.3 Å².